The van der Waals surface area contributed by atoms with E-state index in [1.54, 1.807) is 0 Å². The van der Waals surface area contributed by atoms with Crippen LogP contribution >= 0.6 is 0 Å². The first kappa shape index (κ1) is 15.8. The number of benzene rings is 1. The number of carboxylic acid groups (broad SMARTS) is 1. The fraction of sp³-hybridized carbons (Fsp3) is 0.562. The molecular formula is C16H25N3O2. The monoisotopic (exact) mass is 291 g/mol. The Bertz CT molecular complexity index is 459. The number of nitrogens with zero attached hydrogens (tertiary/aromatic N) is 3. The second kappa shape index (κ2) is 7.43. The molecule has 1 saturated heterocycles. The van der Waals surface area contributed by atoms with Crippen LogP contribution in [0.2, 0.25) is 0 Å². The molecule has 5 heteroatoms. The molecule has 116 valence electrons. The van der Waals surface area contributed by atoms with Crippen LogP contribution in [-0.2, 0) is 11.3 Å². The number of anilines is 1. The van der Waals surface area contributed by atoms with E-state index in [4.69, 9.17) is 5.11 Å². The van der Waals surface area contributed by atoms with E-state index in [9.17, 15) is 4.79 Å². The standard InChI is InChI=1S/C16H25N3O2/c1-17(2)15-6-4-14(5-7-15)12-18-8-3-9-19(11-10-18)13-16(20)21/h4-7H,3,8-13H2,1-2H3,(H,20,21). The molecule has 1 aromatic carbocycles. The van der Waals surface area contributed by atoms with E-state index < -0.39 is 5.97 Å². The lowest BCUT2D eigenvalue weighted by Crippen LogP contribution is -2.34. The smallest absolute Gasteiger partial charge is 0.317 e. The van der Waals surface area contributed by atoms with Crippen LogP contribution in [0, 0.1) is 0 Å². The normalized spacial score (nSPS) is 17.4. The summed E-state index contributed by atoms with van der Waals surface area (Å²) in [5.41, 5.74) is 2.52. The van der Waals surface area contributed by atoms with Gasteiger partial charge in [0.05, 0.1) is 6.54 Å². The van der Waals surface area contributed by atoms with Crippen molar-refractivity contribution in [2.75, 3.05) is 51.7 Å². The first-order valence-corrected chi connectivity index (χ1v) is 7.47. The quantitative estimate of drug-likeness (QED) is 0.887. The molecular weight excluding hydrogens is 266 g/mol. The Balaban J connectivity index is 1.87. The molecule has 1 heterocycles. The first-order chi connectivity index (χ1) is 10.0. The molecule has 0 amide bonds. The minimum atomic E-state index is -0.734. The molecule has 0 atom stereocenters. The Labute approximate surface area is 126 Å². The molecule has 2 rings (SSSR count). The summed E-state index contributed by atoms with van der Waals surface area (Å²) in [6.45, 7) is 4.78. The molecule has 21 heavy (non-hydrogen) atoms. The number of rotatable bonds is 5. The molecule has 1 aromatic rings. The van der Waals surface area contributed by atoms with Gasteiger partial charge in [0.15, 0.2) is 0 Å². The van der Waals surface area contributed by atoms with Gasteiger partial charge < -0.3 is 10.0 Å². The van der Waals surface area contributed by atoms with E-state index in [-0.39, 0.29) is 6.54 Å². The van der Waals surface area contributed by atoms with Crippen LogP contribution in [-0.4, -0.2) is 67.7 Å². The van der Waals surface area contributed by atoms with Crippen LogP contribution in [0.4, 0.5) is 5.69 Å². The van der Waals surface area contributed by atoms with Gasteiger partial charge in [-0.1, -0.05) is 12.1 Å². The Morgan fingerprint density at radius 1 is 1.10 bits per heavy atom. The minimum Gasteiger partial charge on any atom is -0.480 e. The van der Waals surface area contributed by atoms with Gasteiger partial charge >= 0.3 is 5.97 Å². The zero-order chi connectivity index (χ0) is 15.2. The molecule has 0 spiro atoms. The highest BCUT2D eigenvalue weighted by Gasteiger charge is 2.16. The van der Waals surface area contributed by atoms with E-state index >= 15 is 0 Å². The fourth-order valence-electron chi connectivity index (χ4n) is 2.69. The summed E-state index contributed by atoms with van der Waals surface area (Å²) in [6.07, 6.45) is 1.03. The van der Waals surface area contributed by atoms with Gasteiger partial charge in [-0.2, -0.15) is 0 Å². The summed E-state index contributed by atoms with van der Waals surface area (Å²) in [4.78, 5) is 17.3. The van der Waals surface area contributed by atoms with Gasteiger partial charge in [0.1, 0.15) is 0 Å². The minimum absolute atomic E-state index is 0.158. The Hall–Kier alpha value is -1.59. The average molecular weight is 291 g/mol. The van der Waals surface area contributed by atoms with Crippen molar-refractivity contribution in [1.29, 1.82) is 0 Å². The van der Waals surface area contributed by atoms with Crippen LogP contribution in [0.5, 0.6) is 0 Å². The zero-order valence-corrected chi connectivity index (χ0v) is 13.0. The summed E-state index contributed by atoms with van der Waals surface area (Å²) in [5, 5.41) is 8.87. The van der Waals surface area contributed by atoms with E-state index in [0.717, 1.165) is 39.1 Å². The SMILES string of the molecule is CN(C)c1ccc(CN2CCCN(CC(=O)O)CC2)cc1. The van der Waals surface area contributed by atoms with Crippen molar-refractivity contribution in [1.82, 2.24) is 9.80 Å². The topological polar surface area (TPSA) is 47.0 Å². The third kappa shape index (κ3) is 5.02. The van der Waals surface area contributed by atoms with Gasteiger partial charge in [0, 0.05) is 46.0 Å². The molecule has 0 aliphatic carbocycles. The highest BCUT2D eigenvalue weighted by molar-refractivity contribution is 5.69. The van der Waals surface area contributed by atoms with Crippen molar-refractivity contribution in [3.05, 3.63) is 29.8 Å². The number of carboxylic acids is 1. The average Bonchev–Trinajstić information content (AvgIpc) is 2.64. The van der Waals surface area contributed by atoms with Gasteiger partial charge in [-0.15, -0.1) is 0 Å². The predicted octanol–water partition coefficient (Wildman–Crippen LogP) is 1.34. The lowest BCUT2D eigenvalue weighted by Gasteiger charge is -2.21. The summed E-state index contributed by atoms with van der Waals surface area (Å²) in [6, 6.07) is 8.64. The van der Waals surface area contributed by atoms with Gasteiger partial charge in [-0.3, -0.25) is 14.6 Å². The lowest BCUT2D eigenvalue weighted by molar-refractivity contribution is -0.138. The van der Waals surface area contributed by atoms with Gasteiger partial charge in [0.2, 0.25) is 0 Å². The molecule has 0 saturated carbocycles. The third-order valence-corrected chi connectivity index (χ3v) is 3.90. The summed E-state index contributed by atoms with van der Waals surface area (Å²) in [5.74, 6) is -0.734. The van der Waals surface area contributed by atoms with E-state index in [1.165, 1.54) is 11.3 Å². The van der Waals surface area contributed by atoms with E-state index in [1.807, 2.05) is 19.0 Å². The summed E-state index contributed by atoms with van der Waals surface area (Å²) in [7, 11) is 4.09. The van der Waals surface area contributed by atoms with Crippen LogP contribution in [0.1, 0.15) is 12.0 Å². The van der Waals surface area contributed by atoms with E-state index in [0.29, 0.717) is 0 Å². The Morgan fingerprint density at radius 2 is 1.71 bits per heavy atom. The summed E-state index contributed by atoms with van der Waals surface area (Å²) >= 11 is 0. The number of aliphatic carboxylic acids is 1. The van der Waals surface area contributed by atoms with Crippen LogP contribution in [0.3, 0.4) is 0 Å². The number of hydrogen-bond donors (Lipinski definition) is 1. The van der Waals surface area contributed by atoms with Gasteiger partial charge in [-0.25, -0.2) is 0 Å². The van der Waals surface area contributed by atoms with Gasteiger partial charge in [0.25, 0.3) is 0 Å². The first-order valence-electron chi connectivity index (χ1n) is 7.47. The molecule has 0 bridgehead atoms. The third-order valence-electron chi connectivity index (χ3n) is 3.90. The maximum atomic E-state index is 10.8. The number of hydrogen-bond acceptors (Lipinski definition) is 4. The maximum Gasteiger partial charge on any atom is 0.317 e. The Morgan fingerprint density at radius 3 is 2.33 bits per heavy atom. The van der Waals surface area contributed by atoms with Crippen molar-refractivity contribution in [3.8, 4) is 0 Å². The van der Waals surface area contributed by atoms with Crippen molar-refractivity contribution >= 4 is 11.7 Å². The van der Waals surface area contributed by atoms with Crippen LogP contribution in [0.25, 0.3) is 0 Å². The summed E-state index contributed by atoms with van der Waals surface area (Å²) < 4.78 is 0. The highest BCUT2D eigenvalue weighted by Crippen LogP contribution is 2.14. The molecule has 1 aliphatic rings. The van der Waals surface area contributed by atoms with Crippen molar-refractivity contribution < 1.29 is 9.90 Å². The molecule has 5 nitrogen and oxygen atoms in total. The molecule has 1 aliphatic heterocycles. The molecule has 0 unspecified atom stereocenters. The van der Waals surface area contributed by atoms with Crippen LogP contribution < -0.4 is 4.90 Å². The lowest BCUT2D eigenvalue weighted by atomic mass is 10.2. The molecule has 0 radical (unpaired) electrons. The van der Waals surface area contributed by atoms with Crippen molar-refractivity contribution in [2.45, 2.75) is 13.0 Å². The van der Waals surface area contributed by atoms with Crippen molar-refractivity contribution in [2.24, 2.45) is 0 Å². The second-order valence-electron chi connectivity index (χ2n) is 5.86. The van der Waals surface area contributed by atoms with E-state index in [2.05, 4.69) is 34.1 Å². The fourth-order valence-corrected chi connectivity index (χ4v) is 2.69. The molecule has 1 N–H and O–H groups in total. The second-order valence-corrected chi connectivity index (χ2v) is 5.86. The highest BCUT2D eigenvalue weighted by atomic mass is 16.4. The molecule has 0 aromatic heterocycles. The number of carbonyl (C=O) groups is 1. The predicted molar refractivity (Wildman–Crippen MR) is 84.7 cm³/mol. The zero-order valence-electron chi connectivity index (χ0n) is 13.0. The van der Waals surface area contributed by atoms with Crippen LogP contribution in [0.15, 0.2) is 24.3 Å². The largest absolute Gasteiger partial charge is 0.480 e. The molecule has 1 fully saturated rings. The maximum absolute atomic E-state index is 10.8. The van der Waals surface area contributed by atoms with Crippen molar-refractivity contribution in [3.63, 3.8) is 0 Å². The Kier molecular flexibility index (Phi) is 5.59. The van der Waals surface area contributed by atoms with Gasteiger partial charge in [-0.05, 0) is 30.7 Å².